The van der Waals surface area contributed by atoms with Crippen LogP contribution in [-0.4, -0.2) is 29.3 Å². The normalized spacial score (nSPS) is 13.8. The molecule has 6 heteroatoms. The Morgan fingerprint density at radius 2 is 1.88 bits per heavy atom. The second kappa shape index (κ2) is 7.64. The zero-order valence-electron chi connectivity index (χ0n) is 8.91. The van der Waals surface area contributed by atoms with E-state index in [1.807, 2.05) is 6.07 Å². The lowest BCUT2D eigenvalue weighted by molar-refractivity contribution is 0.122. The summed E-state index contributed by atoms with van der Waals surface area (Å²) in [5.41, 5.74) is 0.641. The number of halogens is 3. The van der Waals surface area contributed by atoms with Crippen LogP contribution < -0.4 is 5.32 Å². The smallest absolute Gasteiger partial charge is 0.411 e. The third-order valence-electron chi connectivity index (χ3n) is 1.98. The van der Waals surface area contributed by atoms with Gasteiger partial charge in [0, 0.05) is 11.6 Å². The van der Waals surface area contributed by atoms with Crippen LogP contribution in [0.3, 0.4) is 0 Å². The molecule has 0 bridgehead atoms. The molecule has 0 aliphatic heterocycles. The summed E-state index contributed by atoms with van der Waals surface area (Å²) >= 11 is 17.1. The summed E-state index contributed by atoms with van der Waals surface area (Å²) in [7, 11) is 0. The standard InChI is InChI=1S/C11H12Cl3NO2/c12-6-9(14)10(7-13)17-11(16)15-8-4-2-1-3-5-8/h1-5,9-10H,6-7H2,(H,15,16)/t9-,10-/m0/s1. The Morgan fingerprint density at radius 3 is 2.41 bits per heavy atom. The van der Waals surface area contributed by atoms with E-state index in [-0.39, 0.29) is 11.8 Å². The van der Waals surface area contributed by atoms with Crippen molar-refractivity contribution in [3.8, 4) is 0 Å². The lowest BCUT2D eigenvalue weighted by atomic mass is 10.3. The summed E-state index contributed by atoms with van der Waals surface area (Å²) in [6.07, 6.45) is -1.21. The first-order valence-electron chi connectivity index (χ1n) is 4.96. The van der Waals surface area contributed by atoms with Crippen LogP contribution in [0, 0.1) is 0 Å². The third kappa shape index (κ3) is 5.02. The van der Waals surface area contributed by atoms with Crippen molar-refractivity contribution in [3.63, 3.8) is 0 Å². The highest BCUT2D eigenvalue weighted by Crippen LogP contribution is 2.13. The minimum atomic E-state index is -0.612. The summed E-state index contributed by atoms with van der Waals surface area (Å²) in [4.78, 5) is 11.5. The van der Waals surface area contributed by atoms with Crippen LogP contribution in [0.4, 0.5) is 10.5 Å². The van der Waals surface area contributed by atoms with E-state index in [2.05, 4.69) is 5.32 Å². The van der Waals surface area contributed by atoms with Crippen LogP contribution in [0.15, 0.2) is 30.3 Å². The van der Waals surface area contributed by atoms with Crippen molar-refractivity contribution in [3.05, 3.63) is 30.3 Å². The number of rotatable bonds is 5. The molecule has 0 unspecified atom stereocenters. The zero-order valence-corrected chi connectivity index (χ0v) is 11.2. The van der Waals surface area contributed by atoms with Crippen LogP contribution in [0.1, 0.15) is 0 Å². The summed E-state index contributed by atoms with van der Waals surface area (Å²) in [5.74, 6) is 0.265. The van der Waals surface area contributed by atoms with Crippen molar-refractivity contribution in [2.45, 2.75) is 11.5 Å². The molecular weight excluding hydrogens is 284 g/mol. The average molecular weight is 297 g/mol. The van der Waals surface area contributed by atoms with E-state index < -0.39 is 17.6 Å². The number of para-hydroxylation sites is 1. The van der Waals surface area contributed by atoms with E-state index >= 15 is 0 Å². The van der Waals surface area contributed by atoms with Gasteiger partial charge in [-0.2, -0.15) is 0 Å². The van der Waals surface area contributed by atoms with Crippen molar-refractivity contribution in [1.29, 1.82) is 0 Å². The second-order valence-electron chi connectivity index (χ2n) is 3.26. The topological polar surface area (TPSA) is 38.3 Å². The Bertz CT molecular complexity index is 348. The number of alkyl halides is 3. The predicted molar refractivity (Wildman–Crippen MR) is 71.4 cm³/mol. The number of carbonyl (C=O) groups excluding carboxylic acids is 1. The van der Waals surface area contributed by atoms with Gasteiger partial charge >= 0.3 is 6.09 Å². The molecule has 0 aromatic heterocycles. The maximum atomic E-state index is 11.5. The summed E-state index contributed by atoms with van der Waals surface area (Å²) in [5, 5.41) is 2.06. The lowest BCUT2D eigenvalue weighted by Crippen LogP contribution is -2.32. The molecule has 0 fully saturated rings. The first-order valence-corrected chi connectivity index (χ1v) is 6.46. The Hall–Kier alpha value is -0.640. The highest BCUT2D eigenvalue weighted by Gasteiger charge is 2.21. The van der Waals surface area contributed by atoms with E-state index in [1.165, 1.54) is 0 Å². The molecular formula is C11H12Cl3NO2. The molecule has 1 aromatic carbocycles. The van der Waals surface area contributed by atoms with Gasteiger partial charge in [-0.3, -0.25) is 5.32 Å². The molecule has 1 amide bonds. The van der Waals surface area contributed by atoms with Gasteiger partial charge in [-0.05, 0) is 12.1 Å². The molecule has 2 atom stereocenters. The molecule has 0 heterocycles. The summed E-state index contributed by atoms with van der Waals surface area (Å²) < 4.78 is 5.06. The summed E-state index contributed by atoms with van der Waals surface area (Å²) in [6.45, 7) is 0. The predicted octanol–water partition coefficient (Wildman–Crippen LogP) is 3.69. The van der Waals surface area contributed by atoms with E-state index in [1.54, 1.807) is 24.3 Å². The van der Waals surface area contributed by atoms with Gasteiger partial charge in [-0.1, -0.05) is 18.2 Å². The number of anilines is 1. The quantitative estimate of drug-likeness (QED) is 0.842. The van der Waals surface area contributed by atoms with Crippen LogP contribution in [0.5, 0.6) is 0 Å². The first-order chi connectivity index (χ1) is 8.17. The monoisotopic (exact) mass is 295 g/mol. The van der Waals surface area contributed by atoms with Crippen molar-refractivity contribution in [2.24, 2.45) is 0 Å². The highest BCUT2D eigenvalue weighted by atomic mass is 35.5. The number of hydrogen-bond acceptors (Lipinski definition) is 2. The van der Waals surface area contributed by atoms with Crippen molar-refractivity contribution < 1.29 is 9.53 Å². The van der Waals surface area contributed by atoms with E-state index in [0.29, 0.717) is 5.69 Å². The molecule has 0 spiro atoms. The fourth-order valence-corrected chi connectivity index (χ4v) is 1.82. The molecule has 1 N–H and O–H groups in total. The molecule has 1 aromatic rings. The fraction of sp³-hybridized carbons (Fsp3) is 0.364. The Kier molecular flexibility index (Phi) is 6.48. The maximum Gasteiger partial charge on any atom is 0.411 e. The van der Waals surface area contributed by atoms with Gasteiger partial charge in [0.2, 0.25) is 0 Å². The number of nitrogens with one attached hydrogen (secondary N) is 1. The lowest BCUT2D eigenvalue weighted by Gasteiger charge is -2.18. The van der Waals surface area contributed by atoms with Gasteiger partial charge < -0.3 is 4.74 Å². The number of ether oxygens (including phenoxy) is 1. The molecule has 94 valence electrons. The molecule has 0 radical (unpaired) electrons. The fourth-order valence-electron chi connectivity index (χ4n) is 1.11. The van der Waals surface area contributed by atoms with Crippen LogP contribution >= 0.6 is 34.8 Å². The highest BCUT2D eigenvalue weighted by molar-refractivity contribution is 6.29. The zero-order chi connectivity index (χ0) is 12.7. The minimum Gasteiger partial charge on any atom is -0.443 e. The van der Waals surface area contributed by atoms with Gasteiger partial charge in [-0.15, -0.1) is 34.8 Å². The SMILES string of the molecule is O=C(Nc1ccccc1)O[C@@H](CCl)[C@@H](Cl)CCl. The number of carbonyl (C=O) groups is 1. The molecule has 0 aliphatic rings. The van der Waals surface area contributed by atoms with E-state index in [9.17, 15) is 4.79 Å². The minimum absolute atomic E-state index is 0.100. The number of amides is 1. The molecule has 3 nitrogen and oxygen atoms in total. The van der Waals surface area contributed by atoms with Crippen LogP contribution in [0.25, 0.3) is 0 Å². The molecule has 0 saturated heterocycles. The molecule has 17 heavy (non-hydrogen) atoms. The van der Waals surface area contributed by atoms with Gasteiger partial charge in [0.15, 0.2) is 0 Å². The largest absolute Gasteiger partial charge is 0.443 e. The molecule has 1 rings (SSSR count). The molecule has 0 saturated carbocycles. The maximum absolute atomic E-state index is 11.5. The Labute approximate surface area is 115 Å². The van der Waals surface area contributed by atoms with E-state index in [0.717, 1.165) is 0 Å². The average Bonchev–Trinajstić information content (AvgIpc) is 2.36. The van der Waals surface area contributed by atoms with Gasteiger partial charge in [0.25, 0.3) is 0 Å². The summed E-state index contributed by atoms with van der Waals surface area (Å²) in [6, 6.07) is 8.95. The van der Waals surface area contributed by atoms with Crippen LogP contribution in [-0.2, 0) is 4.74 Å². The van der Waals surface area contributed by atoms with Crippen molar-refractivity contribution in [1.82, 2.24) is 0 Å². The van der Waals surface area contributed by atoms with Gasteiger partial charge in [0.1, 0.15) is 6.10 Å². The third-order valence-corrected chi connectivity index (χ3v) is 3.21. The number of hydrogen-bond donors (Lipinski definition) is 1. The molecule has 0 aliphatic carbocycles. The Morgan fingerprint density at radius 1 is 1.24 bits per heavy atom. The number of benzene rings is 1. The second-order valence-corrected chi connectivity index (χ2v) is 4.44. The van der Waals surface area contributed by atoms with E-state index in [4.69, 9.17) is 39.5 Å². The van der Waals surface area contributed by atoms with Gasteiger partial charge in [0.05, 0.1) is 11.3 Å². The Balaban J connectivity index is 2.48. The van der Waals surface area contributed by atoms with Crippen molar-refractivity contribution in [2.75, 3.05) is 17.1 Å². The van der Waals surface area contributed by atoms with Crippen molar-refractivity contribution >= 4 is 46.6 Å². The van der Waals surface area contributed by atoms with Gasteiger partial charge in [-0.25, -0.2) is 4.79 Å². The van der Waals surface area contributed by atoms with Crippen LogP contribution in [0.2, 0.25) is 0 Å². The first kappa shape index (κ1) is 14.4.